The Labute approximate surface area is 107 Å². The number of hydrogen-bond acceptors (Lipinski definition) is 4. The maximum atomic E-state index is 8.28. The van der Waals surface area contributed by atoms with Crippen molar-refractivity contribution in [2.24, 2.45) is 0 Å². The van der Waals surface area contributed by atoms with E-state index in [4.69, 9.17) is 15.9 Å². The van der Waals surface area contributed by atoms with E-state index >= 15 is 0 Å². The number of nitrogens with one attached hydrogen (secondary N) is 2. The highest BCUT2D eigenvalue weighted by atomic mass is 16.5. The Hall–Kier alpha value is -1.65. The Morgan fingerprint density at radius 3 is 3.00 bits per heavy atom. The molecule has 0 fully saturated rings. The van der Waals surface area contributed by atoms with Crippen LogP contribution < -0.4 is 11.1 Å². The molecular formula is C14H19N3O. The van der Waals surface area contributed by atoms with E-state index in [1.807, 2.05) is 18.2 Å². The molecule has 1 heterocycles. The van der Waals surface area contributed by atoms with E-state index in [9.17, 15) is 0 Å². The molecule has 0 spiro atoms. The van der Waals surface area contributed by atoms with Gasteiger partial charge >= 0.3 is 0 Å². The minimum absolute atomic E-state index is 0.480. The molecular weight excluding hydrogens is 226 g/mol. The van der Waals surface area contributed by atoms with Crippen molar-refractivity contribution in [3.63, 3.8) is 0 Å². The quantitative estimate of drug-likeness (QED) is 0.558. The van der Waals surface area contributed by atoms with Crippen molar-refractivity contribution in [3.05, 3.63) is 41.0 Å². The predicted octanol–water partition coefficient (Wildman–Crippen LogP) is 1.70. The summed E-state index contributed by atoms with van der Waals surface area (Å²) in [5.74, 6) is 0. The summed E-state index contributed by atoms with van der Waals surface area (Å²) in [6, 6.07) is 5.77. The summed E-state index contributed by atoms with van der Waals surface area (Å²) in [6.45, 7) is 2.23. The molecule has 1 aliphatic rings. The normalized spacial score (nSPS) is 15.3. The number of rotatable bonds is 4. The third-order valence-electron chi connectivity index (χ3n) is 3.15. The molecule has 96 valence electrons. The highest BCUT2D eigenvalue weighted by Gasteiger charge is 2.14. The molecule has 0 aromatic heterocycles. The summed E-state index contributed by atoms with van der Waals surface area (Å²) in [5.41, 5.74) is 10.1. The molecule has 2 rings (SSSR count). The van der Waals surface area contributed by atoms with Gasteiger partial charge in [0.25, 0.3) is 0 Å². The fourth-order valence-corrected chi connectivity index (χ4v) is 2.13. The molecule has 0 radical (unpaired) electrons. The van der Waals surface area contributed by atoms with Gasteiger partial charge in [0, 0.05) is 30.5 Å². The van der Waals surface area contributed by atoms with Gasteiger partial charge in [0.15, 0.2) is 0 Å². The molecule has 0 amide bonds. The second kappa shape index (κ2) is 5.80. The molecule has 18 heavy (non-hydrogen) atoms. The monoisotopic (exact) mass is 245 g/mol. The Kier molecular flexibility index (Phi) is 4.12. The molecule has 4 heteroatoms. The average Bonchev–Trinajstić information content (AvgIpc) is 2.42. The maximum Gasteiger partial charge on any atom is 0.0733 e. The molecule has 0 saturated carbocycles. The number of methoxy groups -OCH3 is 1. The van der Waals surface area contributed by atoms with E-state index < -0.39 is 0 Å². The first kappa shape index (κ1) is 12.8. The highest BCUT2D eigenvalue weighted by Crippen LogP contribution is 2.22. The van der Waals surface area contributed by atoms with Crippen molar-refractivity contribution in [1.29, 1.82) is 5.41 Å². The van der Waals surface area contributed by atoms with Crippen LogP contribution in [0.1, 0.15) is 17.5 Å². The Balaban J connectivity index is 2.30. The SMILES string of the molecule is COCc1cccc(C(=N)C2=CCNCC2)c1N. The standard InChI is InChI=1S/C14H19N3O/c1-18-9-11-3-2-4-12(14(11)16)13(15)10-5-7-17-8-6-10/h2-5,15,17H,6-9,16H2,1H3. The number of ether oxygens (including phenoxy) is 1. The Morgan fingerprint density at radius 2 is 2.33 bits per heavy atom. The molecule has 1 aliphatic heterocycles. The number of para-hydroxylation sites is 1. The van der Waals surface area contributed by atoms with Gasteiger partial charge in [-0.3, -0.25) is 5.41 Å². The summed E-state index contributed by atoms with van der Waals surface area (Å²) in [5, 5.41) is 11.5. The average molecular weight is 245 g/mol. The molecule has 1 aromatic carbocycles. The molecule has 4 N–H and O–H groups in total. The van der Waals surface area contributed by atoms with E-state index in [0.29, 0.717) is 18.0 Å². The zero-order valence-corrected chi connectivity index (χ0v) is 10.6. The van der Waals surface area contributed by atoms with Crippen LogP contribution in [0.15, 0.2) is 29.8 Å². The van der Waals surface area contributed by atoms with Crippen LogP contribution in [0.2, 0.25) is 0 Å². The van der Waals surface area contributed by atoms with E-state index in [2.05, 4.69) is 11.4 Å². The van der Waals surface area contributed by atoms with Crippen LogP contribution in [-0.2, 0) is 11.3 Å². The van der Waals surface area contributed by atoms with E-state index in [0.717, 1.165) is 36.2 Å². The summed E-state index contributed by atoms with van der Waals surface area (Å²) in [6.07, 6.45) is 2.95. The maximum absolute atomic E-state index is 8.28. The lowest BCUT2D eigenvalue weighted by molar-refractivity contribution is 0.185. The topological polar surface area (TPSA) is 71.1 Å². The molecule has 1 aromatic rings. The molecule has 4 nitrogen and oxygen atoms in total. The molecule has 0 aliphatic carbocycles. The van der Waals surface area contributed by atoms with E-state index in [-0.39, 0.29) is 0 Å². The van der Waals surface area contributed by atoms with E-state index in [1.165, 1.54) is 0 Å². The highest BCUT2D eigenvalue weighted by molar-refractivity contribution is 6.13. The van der Waals surface area contributed by atoms with Crippen LogP contribution in [0.25, 0.3) is 0 Å². The predicted molar refractivity (Wildman–Crippen MR) is 74.0 cm³/mol. The first-order valence-electron chi connectivity index (χ1n) is 6.09. The van der Waals surface area contributed by atoms with Gasteiger partial charge in [0.1, 0.15) is 0 Å². The summed E-state index contributed by atoms with van der Waals surface area (Å²) in [7, 11) is 1.65. The first-order chi connectivity index (χ1) is 8.74. The van der Waals surface area contributed by atoms with Crippen molar-refractivity contribution in [2.75, 3.05) is 25.9 Å². The number of hydrogen-bond donors (Lipinski definition) is 3. The minimum Gasteiger partial charge on any atom is -0.398 e. The van der Waals surface area contributed by atoms with Crippen LogP contribution in [0.3, 0.4) is 0 Å². The molecule has 0 saturated heterocycles. The smallest absolute Gasteiger partial charge is 0.0733 e. The van der Waals surface area contributed by atoms with Crippen LogP contribution >= 0.6 is 0 Å². The largest absolute Gasteiger partial charge is 0.398 e. The van der Waals surface area contributed by atoms with Gasteiger partial charge in [0.2, 0.25) is 0 Å². The lowest BCUT2D eigenvalue weighted by Gasteiger charge is -2.17. The van der Waals surface area contributed by atoms with Crippen molar-refractivity contribution in [1.82, 2.24) is 5.32 Å². The zero-order valence-electron chi connectivity index (χ0n) is 10.6. The van der Waals surface area contributed by atoms with Crippen LogP contribution in [0.4, 0.5) is 5.69 Å². The van der Waals surface area contributed by atoms with Gasteiger partial charge < -0.3 is 15.8 Å². The van der Waals surface area contributed by atoms with Gasteiger partial charge in [-0.2, -0.15) is 0 Å². The van der Waals surface area contributed by atoms with Gasteiger partial charge in [-0.1, -0.05) is 24.3 Å². The second-order valence-corrected chi connectivity index (χ2v) is 4.37. The van der Waals surface area contributed by atoms with Crippen molar-refractivity contribution >= 4 is 11.4 Å². The molecule has 0 atom stereocenters. The third kappa shape index (κ3) is 2.60. The second-order valence-electron chi connectivity index (χ2n) is 4.37. The molecule has 0 bridgehead atoms. The number of nitrogens with two attached hydrogens (primary N) is 1. The number of benzene rings is 1. The van der Waals surface area contributed by atoms with Crippen molar-refractivity contribution in [2.45, 2.75) is 13.0 Å². The summed E-state index contributed by atoms with van der Waals surface area (Å²) in [4.78, 5) is 0. The first-order valence-corrected chi connectivity index (χ1v) is 6.09. The van der Waals surface area contributed by atoms with Gasteiger partial charge in [-0.15, -0.1) is 0 Å². The third-order valence-corrected chi connectivity index (χ3v) is 3.15. The Morgan fingerprint density at radius 1 is 1.50 bits per heavy atom. The minimum atomic E-state index is 0.480. The number of nitrogen functional groups attached to an aromatic ring is 1. The fraction of sp³-hybridized carbons (Fsp3) is 0.357. The van der Waals surface area contributed by atoms with Gasteiger partial charge in [0.05, 0.1) is 12.3 Å². The number of anilines is 1. The molecule has 0 unspecified atom stereocenters. The van der Waals surface area contributed by atoms with Crippen LogP contribution in [0, 0.1) is 5.41 Å². The lowest BCUT2D eigenvalue weighted by atomic mass is 9.95. The lowest BCUT2D eigenvalue weighted by Crippen LogP contribution is -2.24. The summed E-state index contributed by atoms with van der Waals surface area (Å²) >= 11 is 0. The Bertz CT molecular complexity index is 480. The van der Waals surface area contributed by atoms with Crippen molar-refractivity contribution in [3.8, 4) is 0 Å². The van der Waals surface area contributed by atoms with E-state index in [1.54, 1.807) is 7.11 Å². The van der Waals surface area contributed by atoms with Gasteiger partial charge in [-0.25, -0.2) is 0 Å². The van der Waals surface area contributed by atoms with Crippen LogP contribution in [0.5, 0.6) is 0 Å². The van der Waals surface area contributed by atoms with Crippen molar-refractivity contribution < 1.29 is 4.74 Å². The fourth-order valence-electron chi connectivity index (χ4n) is 2.13. The zero-order chi connectivity index (χ0) is 13.0. The van der Waals surface area contributed by atoms with Gasteiger partial charge in [-0.05, 0) is 18.5 Å². The summed E-state index contributed by atoms with van der Waals surface area (Å²) < 4.78 is 5.11. The van der Waals surface area contributed by atoms with Crippen LogP contribution in [-0.4, -0.2) is 25.9 Å².